The molecule has 1 aromatic carbocycles. The number of unbranched alkanes of at least 4 members (excludes halogenated alkanes) is 1. The number of carbonyl (C=O) groups excluding carboxylic acids is 1. The average Bonchev–Trinajstić information content (AvgIpc) is 2.42. The van der Waals surface area contributed by atoms with Gasteiger partial charge in [0.05, 0.1) is 6.61 Å². The van der Waals surface area contributed by atoms with Gasteiger partial charge in [-0.15, -0.1) is 12.4 Å². The Morgan fingerprint density at radius 3 is 2.71 bits per heavy atom. The number of aryl methyl sites for hydroxylation is 2. The van der Waals surface area contributed by atoms with Crippen molar-refractivity contribution in [2.24, 2.45) is 5.73 Å². The second kappa shape index (κ2) is 11.4. The van der Waals surface area contributed by atoms with Gasteiger partial charge in [-0.2, -0.15) is 0 Å². The summed E-state index contributed by atoms with van der Waals surface area (Å²) in [6.07, 6.45) is 3.12. The maximum Gasteiger partial charge on any atom is 0.219 e. The van der Waals surface area contributed by atoms with Crippen LogP contribution in [0.3, 0.4) is 0 Å². The van der Waals surface area contributed by atoms with Crippen molar-refractivity contribution in [1.82, 2.24) is 5.32 Å². The zero-order chi connectivity index (χ0) is 14.8. The van der Waals surface area contributed by atoms with Gasteiger partial charge in [0.1, 0.15) is 5.75 Å². The van der Waals surface area contributed by atoms with E-state index in [0.717, 1.165) is 30.6 Å². The summed E-state index contributed by atoms with van der Waals surface area (Å²) in [6.45, 7) is 6.04. The topological polar surface area (TPSA) is 64.3 Å². The lowest BCUT2D eigenvalue weighted by Gasteiger charge is -2.10. The molecule has 0 unspecified atom stereocenters. The fourth-order valence-corrected chi connectivity index (χ4v) is 1.85. The summed E-state index contributed by atoms with van der Waals surface area (Å²) in [5.74, 6) is 1.04. The van der Waals surface area contributed by atoms with Crippen LogP contribution in [-0.4, -0.2) is 25.6 Å². The molecule has 4 nitrogen and oxygen atoms in total. The normalized spacial score (nSPS) is 9.86. The first-order valence-corrected chi connectivity index (χ1v) is 7.30. The Kier molecular flexibility index (Phi) is 10.7. The molecule has 0 aromatic heterocycles. The number of hydrogen-bond acceptors (Lipinski definition) is 3. The summed E-state index contributed by atoms with van der Waals surface area (Å²) >= 11 is 0. The number of halogens is 1. The van der Waals surface area contributed by atoms with Crippen LogP contribution in [0.4, 0.5) is 0 Å². The molecule has 0 spiro atoms. The Balaban J connectivity index is 0.00000400. The Bertz CT molecular complexity index is 425. The maximum absolute atomic E-state index is 11.5. The van der Waals surface area contributed by atoms with Crippen molar-refractivity contribution in [1.29, 1.82) is 0 Å². The first-order valence-electron chi connectivity index (χ1n) is 7.30. The molecular weight excluding hydrogens is 288 g/mol. The van der Waals surface area contributed by atoms with Crippen molar-refractivity contribution in [3.8, 4) is 5.75 Å². The van der Waals surface area contributed by atoms with Gasteiger partial charge in [0, 0.05) is 13.0 Å². The molecule has 0 radical (unpaired) electrons. The van der Waals surface area contributed by atoms with E-state index in [-0.39, 0.29) is 18.3 Å². The van der Waals surface area contributed by atoms with E-state index in [0.29, 0.717) is 26.1 Å². The molecule has 0 aliphatic rings. The number of hydrogen-bond donors (Lipinski definition) is 2. The van der Waals surface area contributed by atoms with E-state index in [1.165, 1.54) is 5.56 Å². The molecule has 0 fully saturated rings. The Morgan fingerprint density at radius 2 is 2.00 bits per heavy atom. The second-order valence-electron chi connectivity index (χ2n) is 5.07. The molecule has 1 aromatic rings. The standard InChI is InChI=1S/C16H26N2O2.ClH/c1-13-7-8-14(2)15(12-13)20-11-4-3-6-16(19)18-10-5-9-17;/h7-8,12H,3-6,9-11,17H2,1-2H3,(H,18,19);1H. The number of benzene rings is 1. The molecular formula is C16H27ClN2O2. The van der Waals surface area contributed by atoms with Crippen molar-refractivity contribution >= 4 is 18.3 Å². The molecule has 0 aliphatic carbocycles. The van der Waals surface area contributed by atoms with Gasteiger partial charge >= 0.3 is 0 Å². The van der Waals surface area contributed by atoms with Crippen LogP contribution >= 0.6 is 12.4 Å². The molecule has 1 rings (SSSR count). The van der Waals surface area contributed by atoms with Gasteiger partial charge in [-0.25, -0.2) is 0 Å². The van der Waals surface area contributed by atoms with Gasteiger partial charge in [-0.3, -0.25) is 4.79 Å². The zero-order valence-electron chi connectivity index (χ0n) is 13.0. The van der Waals surface area contributed by atoms with E-state index in [9.17, 15) is 4.79 Å². The highest BCUT2D eigenvalue weighted by Gasteiger charge is 2.02. The van der Waals surface area contributed by atoms with Gasteiger partial charge < -0.3 is 15.8 Å². The highest BCUT2D eigenvalue weighted by atomic mass is 35.5. The van der Waals surface area contributed by atoms with Crippen molar-refractivity contribution in [2.45, 2.75) is 39.5 Å². The first-order chi connectivity index (χ1) is 9.63. The number of nitrogens with two attached hydrogens (primary N) is 1. The van der Waals surface area contributed by atoms with E-state index in [1.54, 1.807) is 0 Å². The molecule has 1 amide bonds. The molecule has 0 saturated carbocycles. The minimum atomic E-state index is 0. The minimum Gasteiger partial charge on any atom is -0.493 e. The number of amides is 1. The number of ether oxygens (including phenoxy) is 1. The monoisotopic (exact) mass is 314 g/mol. The Morgan fingerprint density at radius 1 is 1.24 bits per heavy atom. The second-order valence-corrected chi connectivity index (χ2v) is 5.07. The van der Waals surface area contributed by atoms with Crippen LogP contribution in [0.2, 0.25) is 0 Å². The van der Waals surface area contributed by atoms with E-state index < -0.39 is 0 Å². The predicted molar refractivity (Wildman–Crippen MR) is 89.2 cm³/mol. The lowest BCUT2D eigenvalue weighted by atomic mass is 10.1. The largest absolute Gasteiger partial charge is 0.493 e. The van der Waals surface area contributed by atoms with Crippen LogP contribution in [0, 0.1) is 13.8 Å². The van der Waals surface area contributed by atoms with Crippen LogP contribution in [0.15, 0.2) is 18.2 Å². The third-order valence-electron chi connectivity index (χ3n) is 3.10. The van der Waals surface area contributed by atoms with Gasteiger partial charge in [0.25, 0.3) is 0 Å². The number of rotatable bonds is 9. The lowest BCUT2D eigenvalue weighted by molar-refractivity contribution is -0.121. The van der Waals surface area contributed by atoms with Crippen LogP contribution in [0.25, 0.3) is 0 Å². The van der Waals surface area contributed by atoms with Gasteiger partial charge in [0.2, 0.25) is 5.91 Å². The summed E-state index contributed by atoms with van der Waals surface area (Å²) in [4.78, 5) is 11.5. The van der Waals surface area contributed by atoms with Crippen molar-refractivity contribution in [3.63, 3.8) is 0 Å². The zero-order valence-corrected chi connectivity index (χ0v) is 13.8. The van der Waals surface area contributed by atoms with E-state index >= 15 is 0 Å². The van der Waals surface area contributed by atoms with Crippen LogP contribution < -0.4 is 15.8 Å². The quantitative estimate of drug-likeness (QED) is 0.689. The average molecular weight is 315 g/mol. The van der Waals surface area contributed by atoms with Crippen LogP contribution in [0.1, 0.15) is 36.8 Å². The summed E-state index contributed by atoms with van der Waals surface area (Å²) in [5.41, 5.74) is 7.71. The summed E-state index contributed by atoms with van der Waals surface area (Å²) in [7, 11) is 0. The number of carbonyl (C=O) groups is 1. The summed E-state index contributed by atoms with van der Waals surface area (Å²) < 4.78 is 5.75. The predicted octanol–water partition coefficient (Wildman–Crippen LogP) is 2.74. The molecule has 0 heterocycles. The SMILES string of the molecule is Cc1ccc(C)c(OCCCCC(=O)NCCCN)c1.Cl. The molecule has 3 N–H and O–H groups in total. The summed E-state index contributed by atoms with van der Waals surface area (Å²) in [5, 5.41) is 2.85. The molecule has 0 aliphatic heterocycles. The highest BCUT2D eigenvalue weighted by Crippen LogP contribution is 2.19. The minimum absolute atomic E-state index is 0. The lowest BCUT2D eigenvalue weighted by Crippen LogP contribution is -2.25. The molecule has 21 heavy (non-hydrogen) atoms. The van der Waals surface area contributed by atoms with Crippen molar-refractivity contribution in [2.75, 3.05) is 19.7 Å². The maximum atomic E-state index is 11.5. The smallest absolute Gasteiger partial charge is 0.219 e. The Hall–Kier alpha value is -1.26. The van der Waals surface area contributed by atoms with Crippen LogP contribution in [-0.2, 0) is 4.79 Å². The van der Waals surface area contributed by atoms with Gasteiger partial charge in [-0.1, -0.05) is 12.1 Å². The third-order valence-corrected chi connectivity index (χ3v) is 3.10. The van der Waals surface area contributed by atoms with E-state index in [4.69, 9.17) is 10.5 Å². The molecule has 5 heteroatoms. The van der Waals surface area contributed by atoms with E-state index in [2.05, 4.69) is 30.4 Å². The first kappa shape index (κ1) is 19.7. The number of nitrogens with one attached hydrogen (secondary N) is 1. The third kappa shape index (κ3) is 8.58. The van der Waals surface area contributed by atoms with Crippen LogP contribution in [0.5, 0.6) is 5.75 Å². The molecule has 120 valence electrons. The van der Waals surface area contributed by atoms with Crippen molar-refractivity contribution in [3.05, 3.63) is 29.3 Å². The highest BCUT2D eigenvalue weighted by molar-refractivity contribution is 5.85. The summed E-state index contributed by atoms with van der Waals surface area (Å²) in [6, 6.07) is 6.19. The molecule has 0 saturated heterocycles. The molecule has 0 bridgehead atoms. The van der Waals surface area contributed by atoms with Gasteiger partial charge in [-0.05, 0) is 56.8 Å². The van der Waals surface area contributed by atoms with Crippen molar-refractivity contribution < 1.29 is 9.53 Å². The van der Waals surface area contributed by atoms with Gasteiger partial charge in [0.15, 0.2) is 0 Å². The fourth-order valence-electron chi connectivity index (χ4n) is 1.85. The fraction of sp³-hybridized carbons (Fsp3) is 0.562. The van der Waals surface area contributed by atoms with E-state index in [1.807, 2.05) is 6.92 Å². The molecule has 0 atom stereocenters. The Labute approximate surface area is 133 Å².